The highest BCUT2D eigenvalue weighted by Gasteiger charge is 2.14. The Hall–Kier alpha value is -0.420. The van der Waals surface area contributed by atoms with E-state index in [9.17, 15) is 0 Å². The molecular formula is C11H19NO2S. The van der Waals surface area contributed by atoms with E-state index in [1.807, 2.05) is 0 Å². The summed E-state index contributed by atoms with van der Waals surface area (Å²) >= 11 is 1.77. The van der Waals surface area contributed by atoms with Gasteiger partial charge in [0, 0.05) is 29.5 Å². The van der Waals surface area contributed by atoms with Gasteiger partial charge in [0.2, 0.25) is 0 Å². The fourth-order valence-electron chi connectivity index (χ4n) is 1.55. The number of thiophene rings is 1. The molecule has 1 unspecified atom stereocenters. The summed E-state index contributed by atoms with van der Waals surface area (Å²) in [7, 11) is 0. The summed E-state index contributed by atoms with van der Waals surface area (Å²) in [6.45, 7) is 5.39. The molecular weight excluding hydrogens is 210 g/mol. The van der Waals surface area contributed by atoms with Gasteiger partial charge in [-0.25, -0.2) is 0 Å². The Morgan fingerprint density at radius 2 is 2.27 bits per heavy atom. The molecule has 1 atom stereocenters. The fourth-order valence-corrected chi connectivity index (χ4v) is 2.52. The summed E-state index contributed by atoms with van der Waals surface area (Å²) in [4.78, 5) is 2.55. The number of aryl methyl sites for hydroxylation is 2. The number of hydrogen-bond donors (Lipinski definition) is 2. The Kier molecular flexibility index (Phi) is 5.25. The number of nitrogens with two attached hydrogens (primary N) is 1. The zero-order chi connectivity index (χ0) is 11.3. The molecule has 15 heavy (non-hydrogen) atoms. The van der Waals surface area contributed by atoms with Gasteiger partial charge in [-0.15, -0.1) is 11.3 Å². The molecule has 1 aromatic heterocycles. The lowest BCUT2D eigenvalue weighted by molar-refractivity contribution is 0.0488. The van der Waals surface area contributed by atoms with Crippen LogP contribution in [-0.2, 0) is 4.74 Å². The van der Waals surface area contributed by atoms with E-state index in [1.165, 1.54) is 15.3 Å². The van der Waals surface area contributed by atoms with Gasteiger partial charge in [-0.2, -0.15) is 0 Å². The van der Waals surface area contributed by atoms with E-state index in [-0.39, 0.29) is 12.7 Å². The maximum absolute atomic E-state index is 8.67. The standard InChI is InChI=1S/C11H19NO2S/c1-8-6-10(9(2)15-8)11(7-12)14-5-3-4-13/h6,11,13H,3-5,7,12H2,1-2H3. The normalized spacial score (nSPS) is 13.1. The lowest BCUT2D eigenvalue weighted by Crippen LogP contribution is -2.17. The van der Waals surface area contributed by atoms with Crippen LogP contribution in [0.2, 0.25) is 0 Å². The second-order valence-corrected chi connectivity index (χ2v) is 5.00. The van der Waals surface area contributed by atoms with Gasteiger partial charge in [0.1, 0.15) is 0 Å². The van der Waals surface area contributed by atoms with Crippen LogP contribution < -0.4 is 5.73 Å². The van der Waals surface area contributed by atoms with E-state index in [2.05, 4.69) is 19.9 Å². The predicted molar refractivity (Wildman–Crippen MR) is 63.2 cm³/mol. The van der Waals surface area contributed by atoms with Crippen molar-refractivity contribution in [3.63, 3.8) is 0 Å². The first-order valence-corrected chi connectivity index (χ1v) is 6.00. The third-order valence-corrected chi connectivity index (χ3v) is 3.24. The van der Waals surface area contributed by atoms with Crippen LogP contribution in [0, 0.1) is 13.8 Å². The number of aliphatic hydroxyl groups is 1. The fraction of sp³-hybridized carbons (Fsp3) is 0.636. The minimum atomic E-state index is -0.0264. The van der Waals surface area contributed by atoms with Crippen molar-refractivity contribution < 1.29 is 9.84 Å². The first-order valence-electron chi connectivity index (χ1n) is 5.18. The Morgan fingerprint density at radius 3 is 2.73 bits per heavy atom. The topological polar surface area (TPSA) is 55.5 Å². The predicted octanol–water partition coefficient (Wildman–Crippen LogP) is 1.76. The lowest BCUT2D eigenvalue weighted by atomic mass is 10.1. The molecule has 0 saturated heterocycles. The largest absolute Gasteiger partial charge is 0.396 e. The van der Waals surface area contributed by atoms with E-state index in [4.69, 9.17) is 15.6 Å². The molecule has 1 rings (SSSR count). The molecule has 0 spiro atoms. The molecule has 0 aliphatic carbocycles. The van der Waals surface area contributed by atoms with Gasteiger partial charge in [0.15, 0.2) is 0 Å². The van der Waals surface area contributed by atoms with E-state index in [0.717, 1.165) is 0 Å². The van der Waals surface area contributed by atoms with Crippen LogP contribution in [0.15, 0.2) is 6.07 Å². The van der Waals surface area contributed by atoms with E-state index >= 15 is 0 Å². The molecule has 0 aliphatic heterocycles. The highest BCUT2D eigenvalue weighted by molar-refractivity contribution is 7.12. The molecule has 1 heterocycles. The van der Waals surface area contributed by atoms with Gasteiger partial charge in [0.05, 0.1) is 6.10 Å². The quantitative estimate of drug-likeness (QED) is 0.731. The molecule has 1 aromatic rings. The molecule has 3 nitrogen and oxygen atoms in total. The zero-order valence-corrected chi connectivity index (χ0v) is 10.1. The van der Waals surface area contributed by atoms with E-state index < -0.39 is 0 Å². The molecule has 0 bridgehead atoms. The van der Waals surface area contributed by atoms with Crippen molar-refractivity contribution in [2.75, 3.05) is 19.8 Å². The molecule has 0 aliphatic rings. The summed E-state index contributed by atoms with van der Waals surface area (Å²) in [6.07, 6.45) is 0.639. The van der Waals surface area contributed by atoms with Crippen LogP contribution >= 0.6 is 11.3 Å². The Morgan fingerprint density at radius 1 is 1.53 bits per heavy atom. The van der Waals surface area contributed by atoms with E-state index in [1.54, 1.807) is 11.3 Å². The second kappa shape index (κ2) is 6.23. The lowest BCUT2D eigenvalue weighted by Gasteiger charge is -2.15. The first kappa shape index (κ1) is 12.6. The van der Waals surface area contributed by atoms with Crippen molar-refractivity contribution in [3.8, 4) is 0 Å². The Balaban J connectivity index is 2.61. The van der Waals surface area contributed by atoms with Crippen LogP contribution in [0.25, 0.3) is 0 Å². The summed E-state index contributed by atoms with van der Waals surface area (Å²) in [5, 5.41) is 8.67. The van der Waals surface area contributed by atoms with Crippen molar-refractivity contribution in [2.45, 2.75) is 26.4 Å². The molecule has 0 saturated carbocycles. The van der Waals surface area contributed by atoms with Crippen LogP contribution in [0.1, 0.15) is 27.8 Å². The van der Waals surface area contributed by atoms with E-state index in [0.29, 0.717) is 19.6 Å². The van der Waals surface area contributed by atoms with Crippen LogP contribution in [-0.4, -0.2) is 24.9 Å². The number of hydrogen-bond acceptors (Lipinski definition) is 4. The molecule has 3 N–H and O–H groups in total. The minimum absolute atomic E-state index is 0.0264. The Bertz CT molecular complexity index is 299. The number of ether oxygens (including phenoxy) is 1. The molecule has 0 fully saturated rings. The third-order valence-electron chi connectivity index (χ3n) is 2.26. The zero-order valence-electron chi connectivity index (χ0n) is 9.32. The number of aliphatic hydroxyl groups excluding tert-OH is 1. The molecule has 0 radical (unpaired) electrons. The summed E-state index contributed by atoms with van der Waals surface area (Å²) in [6, 6.07) is 2.14. The van der Waals surface area contributed by atoms with Crippen LogP contribution in [0.4, 0.5) is 0 Å². The van der Waals surface area contributed by atoms with Gasteiger partial charge < -0.3 is 15.6 Å². The SMILES string of the molecule is Cc1cc(C(CN)OCCCO)c(C)s1. The van der Waals surface area contributed by atoms with Crippen LogP contribution in [0.5, 0.6) is 0 Å². The van der Waals surface area contributed by atoms with Gasteiger partial charge >= 0.3 is 0 Å². The smallest absolute Gasteiger partial charge is 0.0957 e. The average molecular weight is 229 g/mol. The van der Waals surface area contributed by atoms with Crippen molar-refractivity contribution in [1.82, 2.24) is 0 Å². The number of rotatable bonds is 6. The van der Waals surface area contributed by atoms with Crippen LogP contribution in [0.3, 0.4) is 0 Å². The van der Waals surface area contributed by atoms with Gasteiger partial charge in [-0.1, -0.05) is 0 Å². The van der Waals surface area contributed by atoms with Gasteiger partial charge in [-0.05, 0) is 31.9 Å². The highest BCUT2D eigenvalue weighted by atomic mass is 32.1. The van der Waals surface area contributed by atoms with Gasteiger partial charge in [-0.3, -0.25) is 0 Å². The summed E-state index contributed by atoms with van der Waals surface area (Å²) in [5.74, 6) is 0. The molecule has 0 aromatic carbocycles. The third kappa shape index (κ3) is 3.57. The second-order valence-electron chi connectivity index (χ2n) is 3.54. The highest BCUT2D eigenvalue weighted by Crippen LogP contribution is 2.27. The van der Waals surface area contributed by atoms with Crippen molar-refractivity contribution >= 4 is 11.3 Å². The maximum atomic E-state index is 8.67. The maximum Gasteiger partial charge on any atom is 0.0957 e. The van der Waals surface area contributed by atoms with Gasteiger partial charge in [0.25, 0.3) is 0 Å². The first-order chi connectivity index (χ1) is 7.19. The molecule has 4 heteroatoms. The Labute approximate surface area is 94.9 Å². The molecule has 0 amide bonds. The van der Waals surface area contributed by atoms with Crippen molar-refractivity contribution in [1.29, 1.82) is 0 Å². The van der Waals surface area contributed by atoms with Crippen molar-refractivity contribution in [2.24, 2.45) is 5.73 Å². The average Bonchev–Trinajstić information content (AvgIpc) is 2.53. The minimum Gasteiger partial charge on any atom is -0.396 e. The molecule has 86 valence electrons. The summed E-state index contributed by atoms with van der Waals surface area (Å²) < 4.78 is 5.63. The summed E-state index contributed by atoms with van der Waals surface area (Å²) in [5.41, 5.74) is 6.87. The van der Waals surface area contributed by atoms with Crippen molar-refractivity contribution in [3.05, 3.63) is 21.4 Å². The monoisotopic (exact) mass is 229 g/mol.